The Hall–Kier alpha value is -2.92. The molecule has 3 aromatic rings. The smallest absolute Gasteiger partial charge is 0.258 e. The van der Waals surface area contributed by atoms with E-state index in [-0.39, 0.29) is 5.91 Å². The third-order valence-corrected chi connectivity index (χ3v) is 4.50. The highest BCUT2D eigenvalue weighted by Crippen LogP contribution is 2.24. The summed E-state index contributed by atoms with van der Waals surface area (Å²) < 4.78 is 0. The largest absolute Gasteiger partial charge is 0.324 e. The number of carbonyl (C=O) groups excluding carboxylic acids is 1. The fraction of sp³-hybridized carbons (Fsp3) is 0.190. The maximum Gasteiger partial charge on any atom is 0.258 e. The number of rotatable bonds is 4. The molecule has 138 valence electrons. The SMILES string of the molecule is Cc1cc(C)c(Nc2ncc(C(=O)Nc3ccc(Cl)cc3C)cn2)c(C)c1. The molecule has 27 heavy (non-hydrogen) atoms. The van der Waals surface area contributed by atoms with Crippen LogP contribution >= 0.6 is 11.6 Å². The van der Waals surface area contributed by atoms with E-state index in [2.05, 4.69) is 39.7 Å². The van der Waals surface area contributed by atoms with Crippen molar-refractivity contribution in [2.75, 3.05) is 10.6 Å². The molecule has 2 N–H and O–H groups in total. The lowest BCUT2D eigenvalue weighted by Crippen LogP contribution is -2.14. The third-order valence-electron chi connectivity index (χ3n) is 4.26. The van der Waals surface area contributed by atoms with E-state index < -0.39 is 0 Å². The predicted molar refractivity (Wildman–Crippen MR) is 110 cm³/mol. The number of nitrogens with one attached hydrogen (secondary N) is 2. The second-order valence-electron chi connectivity index (χ2n) is 6.61. The minimum Gasteiger partial charge on any atom is -0.324 e. The maximum absolute atomic E-state index is 12.4. The van der Waals surface area contributed by atoms with E-state index in [0.29, 0.717) is 22.2 Å². The molecule has 1 aromatic heterocycles. The van der Waals surface area contributed by atoms with Crippen molar-refractivity contribution in [1.29, 1.82) is 0 Å². The van der Waals surface area contributed by atoms with E-state index in [9.17, 15) is 4.79 Å². The number of amides is 1. The highest BCUT2D eigenvalue weighted by Gasteiger charge is 2.11. The van der Waals surface area contributed by atoms with Crippen LogP contribution in [0.3, 0.4) is 0 Å². The van der Waals surface area contributed by atoms with Crippen molar-refractivity contribution in [2.24, 2.45) is 0 Å². The number of benzene rings is 2. The summed E-state index contributed by atoms with van der Waals surface area (Å²) >= 11 is 5.95. The van der Waals surface area contributed by atoms with Gasteiger partial charge in [-0.3, -0.25) is 4.79 Å². The van der Waals surface area contributed by atoms with Crippen molar-refractivity contribution in [3.8, 4) is 0 Å². The van der Waals surface area contributed by atoms with Crippen molar-refractivity contribution >= 4 is 34.8 Å². The number of hydrogen-bond donors (Lipinski definition) is 2. The van der Waals surface area contributed by atoms with E-state index in [4.69, 9.17) is 11.6 Å². The molecule has 0 saturated heterocycles. The Morgan fingerprint density at radius 2 is 1.56 bits per heavy atom. The Labute approximate surface area is 163 Å². The van der Waals surface area contributed by atoms with E-state index in [1.807, 2.05) is 20.8 Å². The molecule has 3 rings (SSSR count). The molecule has 6 heteroatoms. The van der Waals surface area contributed by atoms with Crippen molar-refractivity contribution in [2.45, 2.75) is 27.7 Å². The Bertz CT molecular complexity index is 977. The topological polar surface area (TPSA) is 66.9 Å². The number of halogens is 1. The van der Waals surface area contributed by atoms with Crippen molar-refractivity contribution in [3.05, 3.63) is 75.6 Å². The summed E-state index contributed by atoms with van der Waals surface area (Å²) in [4.78, 5) is 21.0. The van der Waals surface area contributed by atoms with Crippen molar-refractivity contribution < 1.29 is 4.79 Å². The van der Waals surface area contributed by atoms with Gasteiger partial charge in [0.15, 0.2) is 0 Å². The quantitative estimate of drug-likeness (QED) is 0.639. The standard InChI is InChI=1S/C21H21ClN4O/c1-12-7-14(3)19(15(4)8-12)26-21-23-10-16(11-24-21)20(27)25-18-6-5-17(22)9-13(18)2/h5-11H,1-4H3,(H,25,27)(H,23,24,26). The van der Waals surface area contributed by atoms with Gasteiger partial charge in [-0.05, 0) is 62.6 Å². The molecule has 0 bridgehead atoms. The lowest BCUT2D eigenvalue weighted by molar-refractivity contribution is 0.102. The fourth-order valence-corrected chi connectivity index (χ4v) is 3.19. The summed E-state index contributed by atoms with van der Waals surface area (Å²) in [5, 5.41) is 6.71. The zero-order valence-corrected chi connectivity index (χ0v) is 16.5. The minimum atomic E-state index is -0.269. The molecule has 0 spiro atoms. The van der Waals surface area contributed by atoms with Gasteiger partial charge in [-0.15, -0.1) is 0 Å². The van der Waals surface area contributed by atoms with Crippen LogP contribution in [-0.2, 0) is 0 Å². The molecule has 5 nitrogen and oxygen atoms in total. The molecule has 2 aromatic carbocycles. The number of aromatic nitrogens is 2. The van der Waals surface area contributed by atoms with Crippen LogP contribution in [0.15, 0.2) is 42.7 Å². The third kappa shape index (κ3) is 4.44. The van der Waals surface area contributed by atoms with E-state index >= 15 is 0 Å². The van der Waals surface area contributed by atoms with E-state index in [0.717, 1.165) is 22.4 Å². The molecule has 0 atom stereocenters. The first kappa shape index (κ1) is 18.9. The normalized spacial score (nSPS) is 10.6. The van der Waals surface area contributed by atoms with Crippen molar-refractivity contribution in [3.63, 3.8) is 0 Å². The van der Waals surface area contributed by atoms with Crippen LogP contribution in [0.25, 0.3) is 0 Å². The maximum atomic E-state index is 12.4. The van der Waals surface area contributed by atoms with E-state index in [1.54, 1.807) is 18.2 Å². The fourth-order valence-electron chi connectivity index (χ4n) is 2.96. The van der Waals surface area contributed by atoms with Gasteiger partial charge in [-0.2, -0.15) is 0 Å². The summed E-state index contributed by atoms with van der Waals surface area (Å²) in [6.45, 7) is 8.03. The van der Waals surface area contributed by atoms with Crippen LogP contribution in [0.4, 0.5) is 17.3 Å². The molecule has 0 unspecified atom stereocenters. The van der Waals surface area contributed by atoms with Gasteiger partial charge >= 0.3 is 0 Å². The molecular weight excluding hydrogens is 360 g/mol. The lowest BCUT2D eigenvalue weighted by Gasteiger charge is -2.13. The molecule has 1 heterocycles. The van der Waals surface area contributed by atoms with Crippen LogP contribution in [0.2, 0.25) is 5.02 Å². The second kappa shape index (κ2) is 7.76. The van der Waals surface area contributed by atoms with Crippen LogP contribution in [0.1, 0.15) is 32.6 Å². The average molecular weight is 381 g/mol. The molecular formula is C21H21ClN4O. The molecule has 0 aliphatic heterocycles. The number of anilines is 3. The van der Waals surface area contributed by atoms with Gasteiger partial charge in [0.1, 0.15) is 0 Å². The Morgan fingerprint density at radius 1 is 0.926 bits per heavy atom. The molecule has 0 fully saturated rings. The van der Waals surface area contributed by atoms with Crippen LogP contribution in [0.5, 0.6) is 0 Å². The number of aryl methyl sites for hydroxylation is 4. The Kier molecular flexibility index (Phi) is 5.42. The lowest BCUT2D eigenvalue weighted by atomic mass is 10.1. The van der Waals surface area contributed by atoms with Crippen LogP contribution < -0.4 is 10.6 Å². The first-order valence-corrected chi connectivity index (χ1v) is 8.95. The van der Waals surface area contributed by atoms with Gasteiger partial charge in [-0.25, -0.2) is 9.97 Å². The summed E-state index contributed by atoms with van der Waals surface area (Å²) in [6.07, 6.45) is 3.02. The number of nitrogens with zero attached hydrogens (tertiary/aromatic N) is 2. The van der Waals surface area contributed by atoms with Gasteiger partial charge in [0.05, 0.1) is 5.56 Å². The summed E-state index contributed by atoms with van der Waals surface area (Å²) in [5.74, 6) is 0.180. The predicted octanol–water partition coefficient (Wildman–Crippen LogP) is 5.36. The summed E-state index contributed by atoms with van der Waals surface area (Å²) in [5.41, 5.74) is 6.41. The van der Waals surface area contributed by atoms with Gasteiger partial charge in [0.25, 0.3) is 5.91 Å². The molecule has 1 amide bonds. The van der Waals surface area contributed by atoms with Crippen LogP contribution in [-0.4, -0.2) is 15.9 Å². The van der Waals surface area contributed by atoms with Crippen molar-refractivity contribution in [1.82, 2.24) is 9.97 Å². The molecule has 0 saturated carbocycles. The second-order valence-corrected chi connectivity index (χ2v) is 7.04. The van der Waals surface area contributed by atoms with E-state index in [1.165, 1.54) is 18.0 Å². The zero-order valence-electron chi connectivity index (χ0n) is 15.7. The summed E-state index contributed by atoms with van der Waals surface area (Å²) in [6, 6.07) is 9.51. The number of carbonyl (C=O) groups is 1. The highest BCUT2D eigenvalue weighted by molar-refractivity contribution is 6.30. The zero-order chi connectivity index (χ0) is 19.6. The average Bonchev–Trinajstić information content (AvgIpc) is 2.61. The molecule has 0 aliphatic rings. The number of hydrogen-bond acceptors (Lipinski definition) is 4. The summed E-state index contributed by atoms with van der Waals surface area (Å²) in [7, 11) is 0. The molecule has 0 aliphatic carbocycles. The van der Waals surface area contributed by atoms with Gasteiger partial charge in [-0.1, -0.05) is 29.3 Å². The first-order chi connectivity index (χ1) is 12.8. The van der Waals surface area contributed by atoms with Crippen LogP contribution in [0, 0.1) is 27.7 Å². The Morgan fingerprint density at radius 3 is 2.15 bits per heavy atom. The first-order valence-electron chi connectivity index (χ1n) is 8.58. The van der Waals surface area contributed by atoms with Gasteiger partial charge in [0, 0.05) is 28.8 Å². The van der Waals surface area contributed by atoms with Gasteiger partial charge < -0.3 is 10.6 Å². The minimum absolute atomic E-state index is 0.269. The van der Waals surface area contributed by atoms with Gasteiger partial charge in [0.2, 0.25) is 5.95 Å². The Balaban J connectivity index is 1.74. The monoisotopic (exact) mass is 380 g/mol. The highest BCUT2D eigenvalue weighted by atomic mass is 35.5. The molecule has 0 radical (unpaired) electrons.